The summed E-state index contributed by atoms with van der Waals surface area (Å²) in [4.78, 5) is 32.6. The van der Waals surface area contributed by atoms with Gasteiger partial charge in [-0.25, -0.2) is 4.57 Å². The van der Waals surface area contributed by atoms with Crippen molar-refractivity contribution in [1.82, 2.24) is 0 Å². The average Bonchev–Trinajstić information content (AvgIpc) is 2.68. The molecule has 1 rings (SSSR count). The molecule has 6 atom stereocenters. The van der Waals surface area contributed by atoms with Crippen LogP contribution >= 0.6 is 7.82 Å². The van der Waals surface area contributed by atoms with E-state index in [0.29, 0.717) is 6.42 Å². The molecule has 0 radical (unpaired) electrons. The van der Waals surface area contributed by atoms with Gasteiger partial charge in [-0.05, 0) is 6.42 Å². The molecule has 176 valence electrons. The minimum atomic E-state index is -5.03. The van der Waals surface area contributed by atoms with Gasteiger partial charge in [0.15, 0.2) is 6.10 Å². The number of unbranched alkanes of at least 4 members (excludes halogenated alkanes) is 1. The molecule has 1 saturated carbocycles. The summed E-state index contributed by atoms with van der Waals surface area (Å²) in [6.45, 7) is 1.75. The van der Waals surface area contributed by atoms with Crippen LogP contribution in [0, 0.1) is 0 Å². The molecular weight excluding hydrogens is 431 g/mol. The summed E-state index contributed by atoms with van der Waals surface area (Å²) in [6, 6.07) is 0. The number of rotatable bonds is 11. The number of esters is 2. The van der Waals surface area contributed by atoms with E-state index in [0.717, 1.165) is 13.3 Å². The van der Waals surface area contributed by atoms with Gasteiger partial charge in [0, 0.05) is 13.3 Å². The number of phosphoric ester groups is 1. The molecule has 1 fully saturated rings. The lowest BCUT2D eigenvalue weighted by molar-refractivity contribution is -0.220. The van der Waals surface area contributed by atoms with Gasteiger partial charge in [0.1, 0.15) is 43.2 Å². The lowest BCUT2D eigenvalue weighted by Crippen LogP contribution is -2.64. The second kappa shape index (κ2) is 12.0. The van der Waals surface area contributed by atoms with E-state index < -0.39 is 75.7 Å². The molecule has 13 nitrogen and oxygen atoms in total. The Kier molecular flexibility index (Phi) is 10.8. The summed E-state index contributed by atoms with van der Waals surface area (Å²) in [5.41, 5.74) is 0. The van der Waals surface area contributed by atoms with E-state index in [1.165, 1.54) is 0 Å². The van der Waals surface area contributed by atoms with Crippen LogP contribution in [-0.2, 0) is 32.7 Å². The highest BCUT2D eigenvalue weighted by atomic mass is 31.2. The fourth-order valence-corrected chi connectivity index (χ4v) is 3.55. The highest BCUT2D eigenvalue weighted by Gasteiger charge is 2.51. The zero-order valence-electron chi connectivity index (χ0n) is 16.6. The Labute approximate surface area is 172 Å². The molecule has 0 heterocycles. The van der Waals surface area contributed by atoms with Crippen LogP contribution in [0.25, 0.3) is 0 Å². The second-order valence-corrected chi connectivity index (χ2v) is 8.21. The van der Waals surface area contributed by atoms with Gasteiger partial charge in [-0.15, -0.1) is 0 Å². The molecule has 0 aromatic heterocycles. The third kappa shape index (κ3) is 8.17. The lowest BCUT2D eigenvalue weighted by Gasteiger charge is -2.41. The van der Waals surface area contributed by atoms with Gasteiger partial charge >= 0.3 is 19.8 Å². The van der Waals surface area contributed by atoms with Crippen molar-refractivity contribution >= 4 is 19.8 Å². The molecule has 1 aliphatic carbocycles. The number of phosphoric acid groups is 1. The largest absolute Gasteiger partial charge is 0.472 e. The Morgan fingerprint density at radius 3 is 2.00 bits per heavy atom. The normalized spacial score (nSPS) is 32.1. The number of aliphatic hydroxyl groups excluding tert-OH is 5. The number of carbonyl (C=O) groups excluding carboxylic acids is 2. The van der Waals surface area contributed by atoms with Crippen molar-refractivity contribution in [3.05, 3.63) is 0 Å². The maximum atomic E-state index is 12.2. The first kappa shape index (κ1) is 26.9. The van der Waals surface area contributed by atoms with Crippen molar-refractivity contribution in [3.63, 3.8) is 0 Å². The van der Waals surface area contributed by atoms with Gasteiger partial charge in [-0.1, -0.05) is 13.3 Å². The Morgan fingerprint density at radius 2 is 1.50 bits per heavy atom. The lowest BCUT2D eigenvalue weighted by atomic mass is 9.85. The third-order valence-electron chi connectivity index (χ3n) is 4.26. The molecule has 0 amide bonds. The van der Waals surface area contributed by atoms with Crippen molar-refractivity contribution in [3.8, 4) is 0 Å². The molecule has 0 spiro atoms. The molecule has 6 unspecified atom stereocenters. The van der Waals surface area contributed by atoms with Gasteiger partial charge in [0.05, 0.1) is 6.61 Å². The van der Waals surface area contributed by atoms with Crippen LogP contribution in [0.2, 0.25) is 0 Å². The average molecular weight is 460 g/mol. The molecule has 0 aromatic rings. The minimum absolute atomic E-state index is 0.0684. The van der Waals surface area contributed by atoms with Gasteiger partial charge in [-0.3, -0.25) is 18.6 Å². The maximum absolute atomic E-state index is 12.2. The summed E-state index contributed by atoms with van der Waals surface area (Å²) < 4.78 is 31.3. The molecule has 1 aliphatic rings. The van der Waals surface area contributed by atoms with Crippen LogP contribution in [0.15, 0.2) is 0 Å². The van der Waals surface area contributed by atoms with E-state index in [-0.39, 0.29) is 6.42 Å². The number of hydrogen-bond donors (Lipinski definition) is 6. The van der Waals surface area contributed by atoms with Crippen molar-refractivity contribution in [2.24, 2.45) is 0 Å². The fourth-order valence-electron chi connectivity index (χ4n) is 2.58. The number of carbonyl (C=O) groups is 2. The quantitative estimate of drug-likeness (QED) is 0.145. The van der Waals surface area contributed by atoms with Crippen molar-refractivity contribution < 1.29 is 63.1 Å². The number of hydrogen-bond acceptors (Lipinski definition) is 12. The van der Waals surface area contributed by atoms with Gasteiger partial charge in [0.25, 0.3) is 0 Å². The standard InChI is InChI=1S/C16H29O13P/c1-3-4-5-10(18)28-9(6-26-8(2)17)7-27-30(24,25)29-16-14(22)12(20)11(19)13(21)15(16)23/h9,11-16,19-23H,3-7H2,1-2H3,(H,24,25). The molecule has 0 bridgehead atoms. The zero-order chi connectivity index (χ0) is 23.1. The second-order valence-electron chi connectivity index (χ2n) is 6.81. The predicted molar refractivity (Wildman–Crippen MR) is 96.7 cm³/mol. The molecule has 0 saturated heterocycles. The van der Waals surface area contributed by atoms with Crippen LogP contribution in [0.4, 0.5) is 0 Å². The first-order chi connectivity index (χ1) is 13.9. The van der Waals surface area contributed by atoms with Crippen molar-refractivity contribution in [2.75, 3.05) is 13.2 Å². The molecule has 0 aromatic carbocycles. The monoisotopic (exact) mass is 460 g/mol. The summed E-state index contributed by atoms with van der Waals surface area (Å²) in [6.07, 6.45) is -11.8. The van der Waals surface area contributed by atoms with Gasteiger partial charge < -0.3 is 39.9 Å². The van der Waals surface area contributed by atoms with E-state index in [1.807, 2.05) is 6.92 Å². The summed E-state index contributed by atoms with van der Waals surface area (Å²) in [5, 5.41) is 48.5. The number of aliphatic hydroxyl groups is 5. The highest BCUT2D eigenvalue weighted by Crippen LogP contribution is 2.47. The molecule has 0 aliphatic heterocycles. The SMILES string of the molecule is CCCCC(=O)OC(COC(C)=O)COP(=O)(O)OC1C(O)C(O)C(O)C(O)C1O. The smallest absolute Gasteiger partial charge is 0.462 e. The first-order valence-corrected chi connectivity index (χ1v) is 10.8. The topological polar surface area (TPSA) is 210 Å². The van der Waals surface area contributed by atoms with E-state index in [4.69, 9.17) is 14.0 Å². The van der Waals surface area contributed by atoms with Crippen molar-refractivity contribution in [2.45, 2.75) is 75.8 Å². The molecule has 30 heavy (non-hydrogen) atoms. The Morgan fingerprint density at radius 1 is 0.967 bits per heavy atom. The van der Waals surface area contributed by atoms with Crippen molar-refractivity contribution in [1.29, 1.82) is 0 Å². The summed E-state index contributed by atoms with van der Waals surface area (Å²) in [7, 11) is -5.03. The zero-order valence-corrected chi connectivity index (χ0v) is 17.5. The molecule has 14 heteroatoms. The van der Waals surface area contributed by atoms with E-state index >= 15 is 0 Å². The molecular formula is C16H29O13P. The molecule has 6 N–H and O–H groups in total. The fraction of sp³-hybridized carbons (Fsp3) is 0.875. The van der Waals surface area contributed by atoms with Crippen LogP contribution in [0.5, 0.6) is 0 Å². The maximum Gasteiger partial charge on any atom is 0.472 e. The highest BCUT2D eigenvalue weighted by molar-refractivity contribution is 7.47. The van der Waals surface area contributed by atoms with Crippen LogP contribution in [0.3, 0.4) is 0 Å². The Balaban J connectivity index is 2.74. The van der Waals surface area contributed by atoms with E-state index in [2.05, 4.69) is 4.52 Å². The third-order valence-corrected chi connectivity index (χ3v) is 5.24. The minimum Gasteiger partial charge on any atom is -0.462 e. The number of ether oxygens (including phenoxy) is 2. The van der Waals surface area contributed by atoms with E-state index in [9.17, 15) is 44.6 Å². The Bertz CT molecular complexity index is 598. The van der Waals surface area contributed by atoms with E-state index in [1.54, 1.807) is 0 Å². The van der Waals surface area contributed by atoms with Crippen LogP contribution < -0.4 is 0 Å². The first-order valence-electron chi connectivity index (χ1n) is 9.28. The van der Waals surface area contributed by atoms with Gasteiger partial charge in [0.2, 0.25) is 0 Å². The summed E-state index contributed by atoms with van der Waals surface area (Å²) >= 11 is 0. The summed E-state index contributed by atoms with van der Waals surface area (Å²) in [5.74, 6) is -1.34. The predicted octanol–water partition coefficient (Wildman–Crippen LogP) is -2.03. The Hall–Kier alpha value is -1.15. The van der Waals surface area contributed by atoms with Gasteiger partial charge in [-0.2, -0.15) is 0 Å². The van der Waals surface area contributed by atoms with Crippen LogP contribution in [-0.4, -0.2) is 98.3 Å². The van der Waals surface area contributed by atoms with Crippen LogP contribution in [0.1, 0.15) is 33.1 Å².